The largest absolute Gasteiger partial charge is 0.459 e. The fourth-order valence-corrected chi connectivity index (χ4v) is 8.02. The fourth-order valence-electron chi connectivity index (χ4n) is 5.46. The number of hydrogen-bond donors (Lipinski definition) is 0. The van der Waals surface area contributed by atoms with Crippen LogP contribution in [-0.2, 0) is 31.9 Å². The van der Waals surface area contributed by atoms with Crippen LogP contribution in [0.15, 0.2) is 84.0 Å². The number of nitrogens with zero attached hydrogens (tertiary/aromatic N) is 4. The Morgan fingerprint density at radius 3 is 2.32 bits per heavy atom. The summed E-state index contributed by atoms with van der Waals surface area (Å²) >= 11 is 1.52. The van der Waals surface area contributed by atoms with Crippen LogP contribution in [0, 0.1) is 0 Å². The molecule has 0 radical (unpaired) electrons. The summed E-state index contributed by atoms with van der Waals surface area (Å²) in [7, 11) is -3.64. The number of thioether (sulfide) groups is 1. The molecule has 1 aliphatic rings. The van der Waals surface area contributed by atoms with Gasteiger partial charge in [0.05, 0.1) is 22.5 Å². The lowest BCUT2D eigenvalue weighted by molar-refractivity contribution is -0.155. The summed E-state index contributed by atoms with van der Waals surface area (Å²) < 4.78 is 36.6. The van der Waals surface area contributed by atoms with E-state index in [0.29, 0.717) is 29.6 Å². The molecule has 0 amide bonds. The molecule has 234 valence electrons. The third kappa shape index (κ3) is 8.35. The van der Waals surface area contributed by atoms with Crippen molar-refractivity contribution in [3.63, 3.8) is 0 Å². The molecule has 0 saturated carbocycles. The molecule has 0 aliphatic carbocycles. The number of rotatable bonds is 12. The Morgan fingerprint density at radius 1 is 0.932 bits per heavy atom. The molecule has 1 aliphatic heterocycles. The van der Waals surface area contributed by atoms with E-state index in [1.807, 2.05) is 104 Å². The van der Waals surface area contributed by atoms with Crippen molar-refractivity contribution in [1.29, 1.82) is 0 Å². The highest BCUT2D eigenvalue weighted by Crippen LogP contribution is 2.29. The van der Waals surface area contributed by atoms with E-state index < -0.39 is 15.6 Å². The fraction of sp³-hybridized carbons (Fsp3) is 0.412. The van der Waals surface area contributed by atoms with E-state index >= 15 is 0 Å². The summed E-state index contributed by atoms with van der Waals surface area (Å²) in [5.74, 6) is 0.232. The number of piperidine rings is 1. The molecule has 0 atom stereocenters. The number of para-hydroxylation sites is 2. The second-order valence-electron chi connectivity index (χ2n) is 12.1. The van der Waals surface area contributed by atoms with Crippen molar-refractivity contribution in [3.05, 3.63) is 84.4 Å². The first kappa shape index (κ1) is 31.9. The van der Waals surface area contributed by atoms with Gasteiger partial charge in [-0.3, -0.25) is 9.10 Å². The zero-order valence-corrected chi connectivity index (χ0v) is 27.4. The van der Waals surface area contributed by atoms with Gasteiger partial charge in [0.15, 0.2) is 5.16 Å². The predicted octanol–water partition coefficient (Wildman–Crippen LogP) is 6.89. The van der Waals surface area contributed by atoms with Crippen LogP contribution < -0.4 is 9.21 Å². The van der Waals surface area contributed by atoms with Gasteiger partial charge in [-0.2, -0.15) is 0 Å². The van der Waals surface area contributed by atoms with E-state index in [2.05, 4.69) is 4.90 Å². The van der Waals surface area contributed by atoms with Crippen molar-refractivity contribution in [2.24, 2.45) is 0 Å². The number of fused-ring (bicyclic) bond motifs is 1. The molecule has 1 saturated heterocycles. The van der Waals surface area contributed by atoms with E-state index in [1.54, 1.807) is 4.31 Å². The van der Waals surface area contributed by atoms with Gasteiger partial charge in [0.1, 0.15) is 12.1 Å². The molecule has 0 spiro atoms. The standard InChI is InChI=1S/C34H42N4O4S2/c1-34(2,3)42-32(39)25-37-31-16-9-8-15-30(31)35-33(37)43-24-12-23-38(44(40,41)26-27-13-6-4-7-14-27)29-19-17-28(18-20-29)36-21-10-5-11-22-36/h4,6-9,13-20H,5,10-12,21-26H2,1-3H3. The lowest BCUT2D eigenvalue weighted by atomic mass is 10.1. The van der Waals surface area contributed by atoms with Crippen molar-refractivity contribution in [2.75, 3.05) is 34.6 Å². The van der Waals surface area contributed by atoms with E-state index in [-0.39, 0.29) is 18.3 Å². The minimum absolute atomic E-state index is 0.0566. The Morgan fingerprint density at radius 2 is 1.61 bits per heavy atom. The molecule has 1 fully saturated rings. The smallest absolute Gasteiger partial charge is 0.326 e. The van der Waals surface area contributed by atoms with Crippen molar-refractivity contribution < 1.29 is 17.9 Å². The quantitative estimate of drug-likeness (QED) is 0.0954. The van der Waals surface area contributed by atoms with Gasteiger partial charge >= 0.3 is 5.97 Å². The molecule has 1 aromatic heterocycles. The summed E-state index contributed by atoms with van der Waals surface area (Å²) in [6.07, 6.45) is 4.22. The lowest BCUT2D eigenvalue weighted by Crippen LogP contribution is -2.33. The van der Waals surface area contributed by atoms with Gasteiger partial charge in [-0.25, -0.2) is 13.4 Å². The number of ether oxygens (including phenoxy) is 1. The minimum Gasteiger partial charge on any atom is -0.459 e. The average molecular weight is 635 g/mol. The van der Waals surface area contributed by atoms with Gasteiger partial charge in [-0.15, -0.1) is 0 Å². The highest BCUT2D eigenvalue weighted by Gasteiger charge is 2.24. The molecule has 5 rings (SSSR count). The Balaban J connectivity index is 1.32. The van der Waals surface area contributed by atoms with Gasteiger partial charge in [-0.1, -0.05) is 54.2 Å². The Labute approximate surface area is 265 Å². The normalized spacial score (nSPS) is 14.1. The molecule has 3 aromatic carbocycles. The molecule has 2 heterocycles. The number of esters is 1. The first-order valence-corrected chi connectivity index (χ1v) is 17.9. The van der Waals surface area contributed by atoms with E-state index in [9.17, 15) is 13.2 Å². The molecular formula is C34H42N4O4S2. The summed E-state index contributed by atoms with van der Waals surface area (Å²) in [6.45, 7) is 8.01. The van der Waals surface area contributed by atoms with Gasteiger partial charge in [0, 0.05) is 31.1 Å². The summed E-state index contributed by atoms with van der Waals surface area (Å²) in [4.78, 5) is 19.9. The molecule has 0 N–H and O–H groups in total. The van der Waals surface area contributed by atoms with E-state index in [4.69, 9.17) is 9.72 Å². The van der Waals surface area contributed by atoms with Crippen molar-refractivity contribution in [3.8, 4) is 0 Å². The zero-order valence-electron chi connectivity index (χ0n) is 25.8. The number of anilines is 2. The van der Waals surface area contributed by atoms with Crippen LogP contribution in [0.2, 0.25) is 0 Å². The second-order valence-corrected chi connectivity index (χ2v) is 15.1. The number of carbonyl (C=O) groups is 1. The highest BCUT2D eigenvalue weighted by molar-refractivity contribution is 7.99. The van der Waals surface area contributed by atoms with Crippen LogP contribution >= 0.6 is 11.8 Å². The number of hydrogen-bond acceptors (Lipinski definition) is 7. The van der Waals surface area contributed by atoms with Crippen molar-refractivity contribution in [1.82, 2.24) is 9.55 Å². The maximum absolute atomic E-state index is 13.8. The number of carbonyl (C=O) groups excluding carboxylic acids is 1. The monoisotopic (exact) mass is 634 g/mol. The van der Waals surface area contributed by atoms with Crippen molar-refractivity contribution in [2.45, 2.75) is 69.5 Å². The highest BCUT2D eigenvalue weighted by atomic mass is 32.2. The first-order valence-electron chi connectivity index (χ1n) is 15.3. The third-order valence-electron chi connectivity index (χ3n) is 7.45. The van der Waals surface area contributed by atoms with Crippen LogP contribution in [0.25, 0.3) is 11.0 Å². The molecule has 8 nitrogen and oxygen atoms in total. The SMILES string of the molecule is CC(C)(C)OC(=O)Cn1c(SCCCN(c2ccc(N3CCCCC3)cc2)S(=O)(=O)Cc2ccccc2)nc2ccccc21. The van der Waals surface area contributed by atoms with Gasteiger partial charge in [-0.05, 0) is 88.4 Å². The summed E-state index contributed by atoms with van der Waals surface area (Å²) in [6, 6.07) is 25.0. The third-order valence-corrected chi connectivity index (χ3v) is 10.3. The maximum Gasteiger partial charge on any atom is 0.326 e. The summed E-state index contributed by atoms with van der Waals surface area (Å²) in [5.41, 5.74) is 3.65. The molecule has 44 heavy (non-hydrogen) atoms. The zero-order chi connectivity index (χ0) is 31.2. The molecule has 10 heteroatoms. The van der Waals surface area contributed by atoms with Crippen LogP contribution in [0.3, 0.4) is 0 Å². The summed E-state index contributed by atoms with van der Waals surface area (Å²) in [5, 5.41) is 0.710. The molecular weight excluding hydrogens is 593 g/mol. The number of aromatic nitrogens is 2. The van der Waals surface area contributed by atoms with Crippen molar-refractivity contribution >= 4 is 50.2 Å². The van der Waals surface area contributed by atoms with E-state index in [1.165, 1.54) is 31.0 Å². The molecule has 4 aromatic rings. The van der Waals surface area contributed by atoms with Gasteiger partial charge in [0.2, 0.25) is 10.0 Å². The average Bonchev–Trinajstić information content (AvgIpc) is 3.33. The van der Waals surface area contributed by atoms with E-state index in [0.717, 1.165) is 35.4 Å². The lowest BCUT2D eigenvalue weighted by Gasteiger charge is -2.30. The number of benzene rings is 3. The molecule has 0 bridgehead atoms. The minimum atomic E-state index is -3.64. The van der Waals surface area contributed by atoms with Crippen LogP contribution in [0.1, 0.15) is 52.0 Å². The Hall–Kier alpha value is -3.50. The second kappa shape index (κ2) is 14.1. The topological polar surface area (TPSA) is 84.7 Å². The van der Waals surface area contributed by atoms with Crippen LogP contribution in [-0.4, -0.2) is 54.9 Å². The van der Waals surface area contributed by atoms with Gasteiger partial charge < -0.3 is 14.2 Å². The predicted molar refractivity (Wildman–Crippen MR) is 180 cm³/mol. The van der Waals surface area contributed by atoms with Gasteiger partial charge in [0.25, 0.3) is 0 Å². The van der Waals surface area contributed by atoms with Crippen LogP contribution in [0.5, 0.6) is 0 Å². The number of sulfonamides is 1. The Kier molecular flexibility index (Phi) is 10.2. The maximum atomic E-state index is 13.8. The molecule has 0 unspecified atom stereocenters. The number of imidazole rings is 1. The first-order chi connectivity index (χ1) is 21.1. The Bertz CT molecular complexity index is 1640. The van der Waals surface area contributed by atoms with Crippen LogP contribution in [0.4, 0.5) is 11.4 Å².